The molecule has 42 heavy (non-hydrogen) atoms. The molecule has 10 nitrogen and oxygen atoms in total. The van der Waals surface area contributed by atoms with E-state index < -0.39 is 0 Å². The van der Waals surface area contributed by atoms with E-state index in [1.807, 2.05) is 0 Å². The highest BCUT2D eigenvalue weighted by atomic mass is 127. The molecule has 12 heteroatoms. The van der Waals surface area contributed by atoms with Crippen LogP contribution in [-0.2, 0) is 19.1 Å². The van der Waals surface area contributed by atoms with E-state index >= 15 is 0 Å². The predicted molar refractivity (Wildman–Crippen MR) is 149 cm³/mol. The van der Waals surface area contributed by atoms with Gasteiger partial charge >= 0.3 is 0 Å². The summed E-state index contributed by atoms with van der Waals surface area (Å²) in [6, 6.07) is 9.81. The van der Waals surface area contributed by atoms with Crippen LogP contribution in [0, 0.1) is 0 Å². The third-order valence-electron chi connectivity index (χ3n) is 8.48. The van der Waals surface area contributed by atoms with Gasteiger partial charge in [-0.1, -0.05) is 24.3 Å². The molecule has 2 amide bonds. The number of carbonyl (C=O) groups is 4. The Morgan fingerprint density at radius 1 is 0.667 bits per heavy atom. The van der Waals surface area contributed by atoms with Crippen LogP contribution in [0.25, 0.3) is 0 Å². The van der Waals surface area contributed by atoms with Gasteiger partial charge in [0.05, 0.1) is 89.0 Å². The molecule has 2 aromatic carbocycles. The van der Waals surface area contributed by atoms with Crippen molar-refractivity contribution in [1.82, 2.24) is 0 Å². The van der Waals surface area contributed by atoms with Crippen LogP contribution < -0.4 is 58.6 Å². The highest BCUT2D eigenvalue weighted by Gasteiger charge is 2.35. The lowest BCUT2D eigenvalue weighted by molar-refractivity contribution is -0.916. The number of halogens is 2. The molecule has 228 valence electrons. The lowest BCUT2D eigenvalue weighted by Gasteiger charge is -2.37. The van der Waals surface area contributed by atoms with Gasteiger partial charge in [0, 0.05) is 11.1 Å². The number of carbonyl (C=O) groups excluding carboxylic acids is 4. The number of benzene rings is 2. The molecule has 3 aliphatic rings. The molecule has 2 saturated heterocycles. The zero-order valence-corrected chi connectivity index (χ0v) is 28.4. The first-order valence-electron chi connectivity index (χ1n) is 14.0. The molecular formula is C30H38I2N4O6. The maximum absolute atomic E-state index is 13.7. The van der Waals surface area contributed by atoms with Gasteiger partial charge < -0.3 is 77.0 Å². The first kappa shape index (κ1) is 34.5. The molecule has 0 radical (unpaired) electrons. The molecule has 2 N–H and O–H groups in total. The average Bonchev–Trinajstić information content (AvgIpc) is 2.95. The maximum Gasteiger partial charge on any atom is 0.230 e. The fourth-order valence-electron chi connectivity index (χ4n) is 5.63. The number of rotatable bonds is 8. The molecule has 1 aliphatic carbocycles. The second-order valence-electron chi connectivity index (χ2n) is 11.5. The van der Waals surface area contributed by atoms with Gasteiger partial charge in [0.2, 0.25) is 11.8 Å². The van der Waals surface area contributed by atoms with Crippen molar-refractivity contribution in [2.75, 3.05) is 90.4 Å². The summed E-state index contributed by atoms with van der Waals surface area (Å²) in [4.78, 5) is 53.1. The second kappa shape index (κ2) is 14.7. The maximum atomic E-state index is 13.7. The number of ketones is 2. The third kappa shape index (κ3) is 7.75. The molecule has 2 heterocycles. The topological polar surface area (TPSA) is 111 Å². The van der Waals surface area contributed by atoms with Crippen molar-refractivity contribution >= 4 is 34.8 Å². The van der Waals surface area contributed by atoms with E-state index in [4.69, 9.17) is 9.47 Å². The Kier molecular flexibility index (Phi) is 12.0. The third-order valence-corrected chi connectivity index (χ3v) is 8.48. The van der Waals surface area contributed by atoms with Crippen LogP contribution >= 0.6 is 0 Å². The Bertz CT molecular complexity index is 1240. The molecule has 0 spiro atoms. The summed E-state index contributed by atoms with van der Waals surface area (Å²) < 4.78 is 12.4. The van der Waals surface area contributed by atoms with Gasteiger partial charge in [0.25, 0.3) is 0 Å². The average molecular weight is 804 g/mol. The van der Waals surface area contributed by atoms with Gasteiger partial charge in [-0.25, -0.2) is 0 Å². The van der Waals surface area contributed by atoms with Crippen LogP contribution in [0.5, 0.6) is 0 Å². The highest BCUT2D eigenvalue weighted by molar-refractivity contribution is 6.32. The number of anilines is 2. The summed E-state index contributed by atoms with van der Waals surface area (Å²) in [5.74, 6) is -1.11. The molecule has 0 bridgehead atoms. The number of morpholine rings is 2. The Morgan fingerprint density at radius 3 is 1.38 bits per heavy atom. The zero-order chi connectivity index (χ0) is 28.3. The SMILES string of the molecule is C[N+]1(CCC(=O)Nc2cccc3c2C(=O)c2cccc(NC(=O)CC[N+]4(C)CCOCC4)c2C3=O)CCOCC1.[I-].[I-]. The van der Waals surface area contributed by atoms with Crippen LogP contribution in [0.15, 0.2) is 36.4 Å². The summed E-state index contributed by atoms with van der Waals surface area (Å²) in [5, 5.41) is 5.75. The standard InChI is InChI=1S/C30H36N4O6.2HI/c1-33(13-17-39-18-14-33)11-9-25(35)31-23-7-3-5-21-27(23)29(37)22-6-4-8-24(28(22)30(21)38)32-26(36)10-12-34(2)15-19-40-20-16-34;;/h3-8H,9-20H2,1-2H3;2*1H. The van der Waals surface area contributed by atoms with E-state index in [0.717, 1.165) is 35.1 Å². The smallest absolute Gasteiger partial charge is 0.230 e. The lowest BCUT2D eigenvalue weighted by Crippen LogP contribution is -3.00. The Balaban J connectivity index is 0.00000242. The summed E-state index contributed by atoms with van der Waals surface area (Å²) >= 11 is 0. The predicted octanol–water partition coefficient (Wildman–Crippen LogP) is -3.92. The summed E-state index contributed by atoms with van der Waals surface area (Å²) in [6.07, 6.45) is 0.583. The first-order chi connectivity index (χ1) is 19.2. The molecule has 0 saturated carbocycles. The van der Waals surface area contributed by atoms with Crippen molar-refractivity contribution in [3.05, 3.63) is 58.7 Å². The van der Waals surface area contributed by atoms with E-state index in [1.54, 1.807) is 36.4 Å². The minimum atomic E-state index is -0.352. The normalized spacial score (nSPS) is 18.4. The summed E-state index contributed by atoms with van der Waals surface area (Å²) in [7, 11) is 4.22. The number of fused-ring (bicyclic) bond motifs is 2. The van der Waals surface area contributed by atoms with Crippen molar-refractivity contribution in [2.24, 2.45) is 0 Å². The molecule has 0 atom stereocenters. The van der Waals surface area contributed by atoms with E-state index in [0.29, 0.717) is 63.7 Å². The molecule has 2 aromatic rings. The number of ether oxygens (including phenoxy) is 2. The van der Waals surface area contributed by atoms with Gasteiger partial charge in [0.15, 0.2) is 11.6 Å². The Labute approximate surface area is 280 Å². The van der Waals surface area contributed by atoms with Crippen LogP contribution in [0.4, 0.5) is 11.4 Å². The van der Waals surface area contributed by atoms with Crippen LogP contribution in [0.3, 0.4) is 0 Å². The van der Waals surface area contributed by atoms with E-state index in [2.05, 4.69) is 24.7 Å². The Morgan fingerprint density at radius 2 is 1.02 bits per heavy atom. The largest absolute Gasteiger partial charge is 1.00 e. The van der Waals surface area contributed by atoms with Crippen LogP contribution in [0.1, 0.15) is 44.7 Å². The lowest BCUT2D eigenvalue weighted by atomic mass is 9.82. The van der Waals surface area contributed by atoms with Gasteiger partial charge in [-0.3, -0.25) is 19.2 Å². The fourth-order valence-corrected chi connectivity index (χ4v) is 5.63. The number of likely N-dealkylation sites (N-methyl/N-ethyl adjacent to an activating group) is 2. The van der Waals surface area contributed by atoms with E-state index in [1.165, 1.54) is 0 Å². The molecule has 5 rings (SSSR count). The molecule has 0 unspecified atom stereocenters. The summed E-state index contributed by atoms with van der Waals surface area (Å²) in [5.41, 5.74) is 1.47. The van der Waals surface area contributed by atoms with E-state index in [9.17, 15) is 19.2 Å². The monoisotopic (exact) mass is 804 g/mol. The van der Waals surface area contributed by atoms with Crippen molar-refractivity contribution in [2.45, 2.75) is 12.8 Å². The van der Waals surface area contributed by atoms with Gasteiger partial charge in [-0.05, 0) is 12.1 Å². The molecule has 2 aliphatic heterocycles. The minimum absolute atomic E-state index is 0. The van der Waals surface area contributed by atoms with Crippen molar-refractivity contribution in [3.8, 4) is 0 Å². The van der Waals surface area contributed by atoms with Gasteiger partial charge in [-0.15, -0.1) is 0 Å². The van der Waals surface area contributed by atoms with Gasteiger partial charge in [0.1, 0.15) is 26.2 Å². The van der Waals surface area contributed by atoms with Crippen molar-refractivity contribution in [3.63, 3.8) is 0 Å². The fraction of sp³-hybridized carbons (Fsp3) is 0.467. The molecule has 0 aromatic heterocycles. The summed E-state index contributed by atoms with van der Waals surface area (Å²) in [6.45, 7) is 7.44. The van der Waals surface area contributed by atoms with E-state index in [-0.39, 0.29) is 93.6 Å². The van der Waals surface area contributed by atoms with Crippen LogP contribution in [0.2, 0.25) is 0 Å². The van der Waals surface area contributed by atoms with Gasteiger partial charge in [-0.2, -0.15) is 0 Å². The number of hydrogen-bond donors (Lipinski definition) is 2. The number of nitrogens with one attached hydrogen (secondary N) is 2. The second-order valence-corrected chi connectivity index (χ2v) is 11.5. The number of nitrogens with zero attached hydrogens (tertiary/aromatic N) is 2. The number of amides is 2. The molecular weight excluding hydrogens is 766 g/mol. The van der Waals surface area contributed by atoms with Crippen LogP contribution in [-0.4, -0.2) is 112 Å². The van der Waals surface area contributed by atoms with Crippen molar-refractivity contribution < 1.29 is 85.6 Å². The highest BCUT2D eigenvalue weighted by Crippen LogP contribution is 2.35. The molecule has 2 fully saturated rings. The number of quaternary nitrogens is 2. The minimum Gasteiger partial charge on any atom is -1.00 e. The van der Waals surface area contributed by atoms with Crippen molar-refractivity contribution in [1.29, 1.82) is 0 Å². The quantitative estimate of drug-likeness (QED) is 0.178. The first-order valence-corrected chi connectivity index (χ1v) is 14.0. The Hall–Kier alpha value is -1.98. The zero-order valence-electron chi connectivity index (χ0n) is 24.0. The number of hydrogen-bond acceptors (Lipinski definition) is 6.